The van der Waals surface area contributed by atoms with Gasteiger partial charge in [-0.25, -0.2) is 9.13 Å². The lowest BCUT2D eigenvalue weighted by atomic mass is 9.98. The van der Waals surface area contributed by atoms with Gasteiger partial charge in [0.2, 0.25) is 0 Å². The van der Waals surface area contributed by atoms with E-state index in [2.05, 4.69) is 22.7 Å². The molecule has 0 saturated heterocycles. The van der Waals surface area contributed by atoms with Gasteiger partial charge in [0, 0.05) is 6.08 Å². The maximum atomic E-state index is 11.2. The zero-order chi connectivity index (χ0) is 18.8. The molecule has 0 aromatic rings. The van der Waals surface area contributed by atoms with Gasteiger partial charge in [-0.05, 0) is 31.3 Å². The summed E-state index contributed by atoms with van der Waals surface area (Å²) in [5, 5.41) is 9.44. The highest BCUT2D eigenvalue weighted by Gasteiger charge is 2.34. The lowest BCUT2D eigenvalue weighted by Gasteiger charge is -2.12. The molecule has 4 N–H and O–H groups in total. The van der Waals surface area contributed by atoms with Gasteiger partial charge in [-0.1, -0.05) is 45.6 Å². The number of hydrogen-bond donors (Lipinski definition) is 4. The van der Waals surface area contributed by atoms with Gasteiger partial charge in [-0.2, -0.15) is 4.31 Å². The fourth-order valence-corrected chi connectivity index (χ4v) is 3.53. The molecule has 0 aromatic carbocycles. The van der Waals surface area contributed by atoms with Crippen LogP contribution in [0.3, 0.4) is 0 Å². The summed E-state index contributed by atoms with van der Waals surface area (Å²) in [4.78, 5) is 26.0. The topological polar surface area (TPSA) is 134 Å². The second-order valence-electron chi connectivity index (χ2n) is 5.74. The molecule has 0 rings (SSSR count). The molecule has 0 bridgehead atoms. The SMILES string of the molecule is CCCCCC(C)CCC=C(C)/C=C(\O)OP(=O)(O)OP(=O)(O)O. The highest BCUT2D eigenvalue weighted by atomic mass is 31.3. The third kappa shape index (κ3) is 13.8. The second-order valence-corrected chi connectivity index (χ2v) is 8.50. The molecule has 0 fully saturated rings. The first-order valence-electron chi connectivity index (χ1n) is 7.82. The molecule has 24 heavy (non-hydrogen) atoms. The number of rotatable bonds is 12. The monoisotopic (exact) mass is 386 g/mol. The van der Waals surface area contributed by atoms with Crippen LogP contribution in [0.5, 0.6) is 0 Å². The summed E-state index contributed by atoms with van der Waals surface area (Å²) in [5.74, 6) is -0.372. The standard InChI is InChI=1S/C14H28O8P2/c1-4-5-6-8-12(2)9-7-10-13(3)11-14(15)21-24(19,20)22-23(16,17)18/h10-12,15H,4-9H2,1-3H3,(H,19,20)(H2,16,17,18)/b13-10?,14-11+. The van der Waals surface area contributed by atoms with Crippen molar-refractivity contribution in [2.24, 2.45) is 5.92 Å². The Balaban J connectivity index is 4.40. The van der Waals surface area contributed by atoms with Gasteiger partial charge < -0.3 is 19.4 Å². The number of phosphoric acid groups is 2. The van der Waals surface area contributed by atoms with Crippen LogP contribution in [0.15, 0.2) is 23.7 Å². The van der Waals surface area contributed by atoms with E-state index in [0.29, 0.717) is 11.5 Å². The zero-order valence-electron chi connectivity index (χ0n) is 14.3. The van der Waals surface area contributed by atoms with Crippen LogP contribution in [0, 0.1) is 5.92 Å². The van der Waals surface area contributed by atoms with Crippen LogP contribution >= 0.6 is 15.6 Å². The van der Waals surface area contributed by atoms with Crippen LogP contribution < -0.4 is 0 Å². The van der Waals surface area contributed by atoms with E-state index in [1.807, 2.05) is 6.08 Å². The van der Waals surface area contributed by atoms with Crippen molar-refractivity contribution in [2.45, 2.75) is 59.3 Å². The maximum absolute atomic E-state index is 11.2. The van der Waals surface area contributed by atoms with E-state index < -0.39 is 21.6 Å². The number of allylic oxidation sites excluding steroid dienone is 3. The molecule has 0 heterocycles. The molecule has 0 spiro atoms. The molecule has 2 unspecified atom stereocenters. The highest BCUT2D eigenvalue weighted by Crippen LogP contribution is 2.58. The molecular formula is C14H28O8P2. The van der Waals surface area contributed by atoms with E-state index in [-0.39, 0.29) is 0 Å². The van der Waals surface area contributed by atoms with E-state index in [1.165, 1.54) is 25.7 Å². The number of aliphatic hydroxyl groups excluding tert-OH is 1. The van der Waals surface area contributed by atoms with Crippen LogP contribution in [-0.4, -0.2) is 19.8 Å². The first kappa shape index (κ1) is 23.4. The van der Waals surface area contributed by atoms with E-state index in [4.69, 9.17) is 14.7 Å². The minimum Gasteiger partial charge on any atom is -0.481 e. The predicted molar refractivity (Wildman–Crippen MR) is 91.0 cm³/mol. The summed E-state index contributed by atoms with van der Waals surface area (Å²) in [5.41, 5.74) is 0.587. The van der Waals surface area contributed by atoms with Crippen LogP contribution in [0.1, 0.15) is 59.3 Å². The quantitative estimate of drug-likeness (QED) is 0.166. The molecule has 0 saturated carbocycles. The second kappa shape index (κ2) is 11.1. The minimum atomic E-state index is -5.21. The van der Waals surface area contributed by atoms with E-state index >= 15 is 0 Å². The van der Waals surface area contributed by atoms with Crippen molar-refractivity contribution in [3.63, 3.8) is 0 Å². The molecular weight excluding hydrogens is 358 g/mol. The molecule has 0 aliphatic rings. The van der Waals surface area contributed by atoms with Gasteiger partial charge in [-0.15, -0.1) is 0 Å². The third-order valence-corrected chi connectivity index (χ3v) is 5.29. The van der Waals surface area contributed by atoms with Crippen molar-refractivity contribution in [1.29, 1.82) is 0 Å². The lowest BCUT2D eigenvalue weighted by Crippen LogP contribution is -1.95. The molecule has 0 radical (unpaired) electrons. The largest absolute Gasteiger partial charge is 0.538 e. The lowest BCUT2D eigenvalue weighted by molar-refractivity contribution is 0.146. The molecule has 8 nitrogen and oxygen atoms in total. The van der Waals surface area contributed by atoms with Gasteiger partial charge in [0.15, 0.2) is 0 Å². The average Bonchev–Trinajstić information content (AvgIpc) is 2.34. The Morgan fingerprint density at radius 2 is 1.79 bits per heavy atom. The van der Waals surface area contributed by atoms with Gasteiger partial charge in [-0.3, -0.25) is 4.89 Å². The fourth-order valence-electron chi connectivity index (χ4n) is 2.03. The normalized spacial score (nSPS) is 17.4. The Hall–Kier alpha value is -0.620. The van der Waals surface area contributed by atoms with E-state index in [9.17, 15) is 14.2 Å². The van der Waals surface area contributed by atoms with Crippen LogP contribution in [0.2, 0.25) is 0 Å². The average molecular weight is 386 g/mol. The Labute approximate surface area is 143 Å². The van der Waals surface area contributed by atoms with Crippen LogP contribution in [0.4, 0.5) is 0 Å². The Morgan fingerprint density at radius 3 is 2.33 bits per heavy atom. The third-order valence-electron chi connectivity index (χ3n) is 3.20. The zero-order valence-corrected chi connectivity index (χ0v) is 16.1. The summed E-state index contributed by atoms with van der Waals surface area (Å²) in [6, 6.07) is 0. The molecule has 2 atom stereocenters. The number of unbranched alkanes of at least 4 members (excludes halogenated alkanes) is 2. The van der Waals surface area contributed by atoms with Crippen molar-refractivity contribution >= 4 is 15.6 Å². The highest BCUT2D eigenvalue weighted by molar-refractivity contribution is 7.60. The summed E-state index contributed by atoms with van der Waals surface area (Å²) >= 11 is 0. The van der Waals surface area contributed by atoms with Gasteiger partial charge in [0.05, 0.1) is 0 Å². The first-order chi connectivity index (χ1) is 10.9. The van der Waals surface area contributed by atoms with Gasteiger partial charge >= 0.3 is 15.6 Å². The number of aliphatic hydroxyl groups is 1. The summed E-state index contributed by atoms with van der Waals surface area (Å²) in [6.07, 6.45) is 9.46. The summed E-state index contributed by atoms with van der Waals surface area (Å²) < 4.78 is 29.5. The molecule has 10 heteroatoms. The van der Waals surface area contributed by atoms with E-state index in [0.717, 1.165) is 18.9 Å². The van der Waals surface area contributed by atoms with Crippen molar-refractivity contribution in [3.8, 4) is 0 Å². The molecule has 0 amide bonds. The maximum Gasteiger partial charge on any atom is 0.538 e. The van der Waals surface area contributed by atoms with E-state index in [1.54, 1.807) is 6.92 Å². The predicted octanol–water partition coefficient (Wildman–Crippen LogP) is 4.56. The van der Waals surface area contributed by atoms with Gasteiger partial charge in [0.25, 0.3) is 5.95 Å². The Bertz CT molecular complexity index is 523. The van der Waals surface area contributed by atoms with Crippen molar-refractivity contribution in [3.05, 3.63) is 23.7 Å². The summed E-state index contributed by atoms with van der Waals surface area (Å²) in [6.45, 7) is 6.00. The Morgan fingerprint density at radius 1 is 1.17 bits per heavy atom. The molecule has 0 aliphatic carbocycles. The molecule has 0 aromatic heterocycles. The smallest absolute Gasteiger partial charge is 0.481 e. The number of phosphoric ester groups is 1. The van der Waals surface area contributed by atoms with Crippen molar-refractivity contribution in [2.75, 3.05) is 0 Å². The fraction of sp³-hybridized carbons (Fsp3) is 0.714. The minimum absolute atomic E-state index is 0.587. The summed E-state index contributed by atoms with van der Waals surface area (Å²) in [7, 11) is -10.3. The number of hydrogen-bond acceptors (Lipinski definition) is 5. The van der Waals surface area contributed by atoms with Gasteiger partial charge in [0.1, 0.15) is 0 Å². The van der Waals surface area contributed by atoms with Crippen molar-refractivity contribution < 1.29 is 37.8 Å². The molecule has 0 aliphatic heterocycles. The van der Waals surface area contributed by atoms with Crippen LogP contribution in [0.25, 0.3) is 0 Å². The molecule has 142 valence electrons. The first-order valence-corrected chi connectivity index (χ1v) is 10.8. The van der Waals surface area contributed by atoms with Crippen LogP contribution in [-0.2, 0) is 18.0 Å². The van der Waals surface area contributed by atoms with Crippen molar-refractivity contribution in [1.82, 2.24) is 0 Å². The Kier molecular flexibility index (Phi) is 10.8.